The van der Waals surface area contributed by atoms with Gasteiger partial charge in [0.1, 0.15) is 5.75 Å². The predicted molar refractivity (Wildman–Crippen MR) is 91.1 cm³/mol. The molecule has 1 N–H and O–H groups in total. The Hall–Kier alpha value is -1.32. The van der Waals surface area contributed by atoms with E-state index in [-0.39, 0.29) is 6.10 Å². The second-order valence-corrected chi connectivity index (χ2v) is 6.01. The zero-order valence-electron chi connectivity index (χ0n) is 14.1. The third-order valence-corrected chi connectivity index (χ3v) is 3.50. The van der Waals surface area contributed by atoms with Crippen molar-refractivity contribution >= 4 is 0 Å². The van der Waals surface area contributed by atoms with Crippen molar-refractivity contribution in [3.05, 3.63) is 42.0 Å². The van der Waals surface area contributed by atoms with Crippen LogP contribution < -0.4 is 4.74 Å². The van der Waals surface area contributed by atoms with E-state index in [9.17, 15) is 5.11 Å². The summed E-state index contributed by atoms with van der Waals surface area (Å²) in [5.41, 5.74) is 1.14. The van der Waals surface area contributed by atoms with E-state index in [4.69, 9.17) is 9.47 Å². The molecule has 0 spiro atoms. The van der Waals surface area contributed by atoms with Gasteiger partial charge >= 0.3 is 0 Å². The Morgan fingerprint density at radius 2 is 1.86 bits per heavy atom. The third kappa shape index (κ3) is 8.85. The number of aliphatic hydroxyl groups excluding tert-OH is 1. The van der Waals surface area contributed by atoms with Crippen molar-refractivity contribution in [3.63, 3.8) is 0 Å². The smallest absolute Gasteiger partial charge is 0.118 e. The number of ether oxygens (including phenoxy) is 2. The molecule has 0 saturated heterocycles. The quantitative estimate of drug-likeness (QED) is 0.488. The first-order chi connectivity index (χ1) is 10.6. The van der Waals surface area contributed by atoms with Crippen LogP contribution in [-0.4, -0.2) is 24.9 Å². The Bertz CT molecular complexity index is 409. The molecule has 22 heavy (non-hydrogen) atoms. The molecule has 0 fully saturated rings. The van der Waals surface area contributed by atoms with Crippen LogP contribution in [-0.2, 0) is 11.3 Å². The second-order valence-electron chi connectivity index (χ2n) is 6.01. The highest BCUT2D eigenvalue weighted by molar-refractivity contribution is 5.26. The molecule has 0 amide bonds. The van der Waals surface area contributed by atoms with Crippen LogP contribution in [0.5, 0.6) is 5.75 Å². The standard InChI is InChI=1S/C19H30O3/c1-16(2)7-6-9-18(20)8-4-5-14-22-15-17-10-12-19(21-3)13-11-17/h4,8,10-13,16,18,20H,5-7,9,14-15H2,1-3H3/t18-/m1/s1. The number of methoxy groups -OCH3 is 1. The molecular formula is C19H30O3. The number of rotatable bonds is 11. The number of hydrogen-bond donors (Lipinski definition) is 1. The fraction of sp³-hybridized carbons (Fsp3) is 0.579. The Balaban J connectivity index is 2.07. The summed E-state index contributed by atoms with van der Waals surface area (Å²) in [5, 5.41) is 9.81. The van der Waals surface area contributed by atoms with E-state index in [1.807, 2.05) is 36.4 Å². The molecule has 0 heterocycles. The minimum atomic E-state index is -0.319. The summed E-state index contributed by atoms with van der Waals surface area (Å²) in [5.74, 6) is 1.57. The zero-order chi connectivity index (χ0) is 16.2. The lowest BCUT2D eigenvalue weighted by atomic mass is 10.0. The third-order valence-electron chi connectivity index (χ3n) is 3.50. The van der Waals surface area contributed by atoms with Gasteiger partial charge in [0.25, 0.3) is 0 Å². The first-order valence-electron chi connectivity index (χ1n) is 8.17. The maximum atomic E-state index is 9.81. The Labute approximate surface area is 135 Å². The number of benzene rings is 1. The van der Waals surface area contributed by atoms with Crippen LogP contribution in [0.25, 0.3) is 0 Å². The molecule has 0 aliphatic carbocycles. The van der Waals surface area contributed by atoms with Gasteiger partial charge in [-0.05, 0) is 36.5 Å². The summed E-state index contributed by atoms with van der Waals surface area (Å²) in [4.78, 5) is 0. The van der Waals surface area contributed by atoms with Crippen LogP contribution in [0.3, 0.4) is 0 Å². The van der Waals surface area contributed by atoms with E-state index in [1.54, 1.807) is 7.11 Å². The van der Waals surface area contributed by atoms with Gasteiger partial charge in [0.2, 0.25) is 0 Å². The van der Waals surface area contributed by atoms with Crippen molar-refractivity contribution in [3.8, 4) is 5.75 Å². The molecule has 3 heteroatoms. The van der Waals surface area contributed by atoms with Crippen LogP contribution in [0.1, 0.15) is 45.1 Å². The van der Waals surface area contributed by atoms with Gasteiger partial charge in [-0.2, -0.15) is 0 Å². The molecule has 0 aliphatic heterocycles. The highest BCUT2D eigenvalue weighted by Crippen LogP contribution is 2.12. The maximum absolute atomic E-state index is 9.81. The summed E-state index contributed by atoms with van der Waals surface area (Å²) in [6.45, 7) is 5.70. The lowest BCUT2D eigenvalue weighted by Crippen LogP contribution is -2.03. The molecule has 1 aromatic carbocycles. The molecular weight excluding hydrogens is 276 g/mol. The van der Waals surface area contributed by atoms with Gasteiger partial charge in [-0.25, -0.2) is 0 Å². The zero-order valence-corrected chi connectivity index (χ0v) is 14.1. The molecule has 0 saturated carbocycles. The highest BCUT2D eigenvalue weighted by atomic mass is 16.5. The summed E-state index contributed by atoms with van der Waals surface area (Å²) < 4.78 is 10.7. The van der Waals surface area contributed by atoms with Crippen LogP contribution in [0.15, 0.2) is 36.4 Å². The van der Waals surface area contributed by atoms with Crippen molar-refractivity contribution in [2.45, 2.75) is 52.2 Å². The normalized spacial score (nSPS) is 13.0. The van der Waals surface area contributed by atoms with Crippen LogP contribution in [0, 0.1) is 5.92 Å². The second kappa shape index (κ2) is 11.3. The largest absolute Gasteiger partial charge is 0.497 e. The van der Waals surface area contributed by atoms with E-state index < -0.39 is 0 Å². The lowest BCUT2D eigenvalue weighted by Gasteiger charge is -2.07. The molecule has 1 aromatic rings. The van der Waals surface area contributed by atoms with Gasteiger partial charge in [-0.15, -0.1) is 0 Å². The van der Waals surface area contributed by atoms with Crippen molar-refractivity contribution in [2.75, 3.05) is 13.7 Å². The van der Waals surface area contributed by atoms with Gasteiger partial charge in [0.15, 0.2) is 0 Å². The fourth-order valence-corrected chi connectivity index (χ4v) is 2.15. The van der Waals surface area contributed by atoms with Crippen LogP contribution >= 0.6 is 0 Å². The summed E-state index contributed by atoms with van der Waals surface area (Å²) in [6, 6.07) is 7.89. The summed E-state index contributed by atoms with van der Waals surface area (Å²) in [6.07, 6.45) is 7.51. The Morgan fingerprint density at radius 3 is 2.50 bits per heavy atom. The van der Waals surface area contributed by atoms with Crippen molar-refractivity contribution in [1.29, 1.82) is 0 Å². The molecule has 0 radical (unpaired) electrons. The van der Waals surface area contributed by atoms with Crippen LogP contribution in [0.4, 0.5) is 0 Å². The molecule has 0 aromatic heterocycles. The average Bonchev–Trinajstić information content (AvgIpc) is 2.51. The monoisotopic (exact) mass is 306 g/mol. The fourth-order valence-electron chi connectivity index (χ4n) is 2.15. The van der Waals surface area contributed by atoms with E-state index in [0.717, 1.165) is 30.6 Å². The minimum absolute atomic E-state index is 0.319. The van der Waals surface area contributed by atoms with Crippen molar-refractivity contribution in [1.82, 2.24) is 0 Å². The predicted octanol–water partition coefficient (Wildman–Crippen LogP) is 4.35. The van der Waals surface area contributed by atoms with E-state index >= 15 is 0 Å². The summed E-state index contributed by atoms with van der Waals surface area (Å²) >= 11 is 0. The topological polar surface area (TPSA) is 38.7 Å². The molecule has 0 aliphatic rings. The SMILES string of the molecule is COc1ccc(COCCC=C[C@@H](O)CCCC(C)C)cc1. The first-order valence-corrected chi connectivity index (χ1v) is 8.17. The first kappa shape index (κ1) is 18.7. The van der Waals surface area contributed by atoms with E-state index in [2.05, 4.69) is 13.8 Å². The lowest BCUT2D eigenvalue weighted by molar-refractivity contribution is 0.125. The molecule has 0 bridgehead atoms. The number of hydrogen-bond acceptors (Lipinski definition) is 3. The van der Waals surface area contributed by atoms with Gasteiger partial charge < -0.3 is 14.6 Å². The van der Waals surface area contributed by atoms with Gasteiger partial charge in [0, 0.05) is 0 Å². The van der Waals surface area contributed by atoms with Gasteiger partial charge in [0.05, 0.1) is 26.4 Å². The molecule has 1 atom stereocenters. The van der Waals surface area contributed by atoms with Gasteiger partial charge in [-0.3, -0.25) is 0 Å². The van der Waals surface area contributed by atoms with E-state index in [1.165, 1.54) is 6.42 Å². The average molecular weight is 306 g/mol. The number of aliphatic hydroxyl groups is 1. The van der Waals surface area contributed by atoms with Crippen molar-refractivity contribution in [2.24, 2.45) is 5.92 Å². The highest BCUT2D eigenvalue weighted by Gasteiger charge is 2.00. The van der Waals surface area contributed by atoms with E-state index in [0.29, 0.717) is 19.1 Å². The molecule has 3 nitrogen and oxygen atoms in total. The summed E-state index contributed by atoms with van der Waals surface area (Å²) in [7, 11) is 1.66. The Morgan fingerprint density at radius 1 is 1.14 bits per heavy atom. The Kier molecular flexibility index (Phi) is 9.60. The molecule has 124 valence electrons. The molecule has 1 rings (SSSR count). The maximum Gasteiger partial charge on any atom is 0.118 e. The molecule has 0 unspecified atom stereocenters. The van der Waals surface area contributed by atoms with Crippen LogP contribution in [0.2, 0.25) is 0 Å². The van der Waals surface area contributed by atoms with Gasteiger partial charge in [-0.1, -0.05) is 51.0 Å². The van der Waals surface area contributed by atoms with Crippen molar-refractivity contribution < 1.29 is 14.6 Å². The minimum Gasteiger partial charge on any atom is -0.497 e.